The molecule has 260 valence electrons. The average molecular weight is 685 g/mol. The van der Waals surface area contributed by atoms with Gasteiger partial charge >= 0.3 is 5.97 Å². The summed E-state index contributed by atoms with van der Waals surface area (Å²) in [5.74, 6) is -1.73. The SMILES string of the molecule is N=C(CC(=N)N1CCN(c2cc3c(cc2F)c(=O)c(C(=O)O)cn3C2CC2)CC1)N1CCN(c2cc3c(cc2F)c(=O)ccn3C2CC2)CC1. The summed E-state index contributed by atoms with van der Waals surface area (Å²) in [6, 6.07) is 7.84. The van der Waals surface area contributed by atoms with Crippen molar-refractivity contribution in [2.75, 3.05) is 62.2 Å². The summed E-state index contributed by atoms with van der Waals surface area (Å²) in [5, 5.41) is 27.5. The first-order valence-electron chi connectivity index (χ1n) is 17.2. The summed E-state index contributed by atoms with van der Waals surface area (Å²) in [5.41, 5.74) is 0.807. The molecule has 4 fully saturated rings. The second-order valence-electron chi connectivity index (χ2n) is 13.8. The molecular formula is C36H38F2N8O4. The summed E-state index contributed by atoms with van der Waals surface area (Å²) < 4.78 is 34.5. The number of amidine groups is 2. The lowest BCUT2D eigenvalue weighted by atomic mass is 10.1. The van der Waals surface area contributed by atoms with Gasteiger partial charge in [-0.05, 0) is 49.9 Å². The Morgan fingerprint density at radius 3 is 1.70 bits per heavy atom. The molecule has 0 amide bonds. The number of hydrogen-bond acceptors (Lipinski definition) is 7. The largest absolute Gasteiger partial charge is 0.477 e. The van der Waals surface area contributed by atoms with Gasteiger partial charge in [-0.15, -0.1) is 0 Å². The van der Waals surface area contributed by atoms with Crippen LogP contribution in [0.4, 0.5) is 20.2 Å². The second kappa shape index (κ2) is 12.3. The lowest BCUT2D eigenvalue weighted by Gasteiger charge is -2.39. The van der Waals surface area contributed by atoms with E-state index in [0.717, 1.165) is 37.3 Å². The fraction of sp³-hybridized carbons (Fsp3) is 0.417. The fourth-order valence-corrected chi connectivity index (χ4v) is 7.42. The zero-order chi connectivity index (χ0) is 34.8. The van der Waals surface area contributed by atoms with E-state index < -0.39 is 23.0 Å². The molecule has 0 atom stereocenters. The van der Waals surface area contributed by atoms with Crippen LogP contribution in [0, 0.1) is 22.5 Å². The first kappa shape index (κ1) is 32.0. The zero-order valence-corrected chi connectivity index (χ0v) is 27.5. The molecule has 50 heavy (non-hydrogen) atoms. The fourth-order valence-electron chi connectivity index (χ4n) is 7.42. The van der Waals surface area contributed by atoms with E-state index in [0.29, 0.717) is 92.3 Å². The number of nitrogens with one attached hydrogen (secondary N) is 2. The highest BCUT2D eigenvalue weighted by Crippen LogP contribution is 2.39. The van der Waals surface area contributed by atoms with E-state index in [4.69, 9.17) is 10.8 Å². The number of benzene rings is 2. The maximum absolute atomic E-state index is 15.4. The molecule has 2 aliphatic carbocycles. The number of halogens is 2. The van der Waals surface area contributed by atoms with Gasteiger partial charge in [0.1, 0.15) is 28.9 Å². The Bertz CT molecular complexity index is 2190. The monoisotopic (exact) mass is 684 g/mol. The Kier molecular flexibility index (Phi) is 7.83. The van der Waals surface area contributed by atoms with Crippen LogP contribution < -0.4 is 20.7 Å². The number of carbonyl (C=O) groups is 1. The molecule has 8 rings (SSSR count). The van der Waals surface area contributed by atoms with Crippen LogP contribution in [0.3, 0.4) is 0 Å². The molecule has 2 saturated heterocycles. The van der Waals surface area contributed by atoms with E-state index in [1.807, 2.05) is 19.6 Å². The zero-order valence-electron chi connectivity index (χ0n) is 27.5. The van der Waals surface area contributed by atoms with Crippen LogP contribution in [0.1, 0.15) is 54.5 Å². The lowest BCUT2D eigenvalue weighted by Crippen LogP contribution is -2.52. The number of piperazine rings is 2. The molecule has 0 bridgehead atoms. The summed E-state index contributed by atoms with van der Waals surface area (Å²) in [6.07, 6.45) is 7.13. The molecule has 0 radical (unpaired) electrons. The van der Waals surface area contributed by atoms with Crippen LogP contribution in [-0.2, 0) is 0 Å². The van der Waals surface area contributed by atoms with Crippen molar-refractivity contribution in [2.45, 2.75) is 44.2 Å². The third kappa shape index (κ3) is 5.75. The molecule has 4 aromatic rings. The van der Waals surface area contributed by atoms with Crippen molar-refractivity contribution in [3.63, 3.8) is 0 Å². The van der Waals surface area contributed by atoms with Gasteiger partial charge in [0.25, 0.3) is 0 Å². The molecule has 2 aliphatic heterocycles. The molecule has 2 saturated carbocycles. The minimum Gasteiger partial charge on any atom is -0.477 e. The van der Waals surface area contributed by atoms with E-state index >= 15 is 8.78 Å². The van der Waals surface area contributed by atoms with E-state index in [2.05, 4.69) is 4.57 Å². The smallest absolute Gasteiger partial charge is 0.341 e. The minimum absolute atomic E-state index is 0.0553. The van der Waals surface area contributed by atoms with Crippen LogP contribution in [0.25, 0.3) is 21.8 Å². The van der Waals surface area contributed by atoms with Crippen LogP contribution in [0.5, 0.6) is 0 Å². The maximum atomic E-state index is 15.4. The number of nitrogens with zero attached hydrogens (tertiary/aromatic N) is 6. The van der Waals surface area contributed by atoms with Crippen molar-refractivity contribution in [1.29, 1.82) is 10.8 Å². The lowest BCUT2D eigenvalue weighted by molar-refractivity contribution is 0.0694. The van der Waals surface area contributed by atoms with Gasteiger partial charge in [0.05, 0.1) is 28.8 Å². The molecule has 0 spiro atoms. The molecule has 3 N–H and O–H groups in total. The first-order valence-corrected chi connectivity index (χ1v) is 17.2. The predicted molar refractivity (Wildman–Crippen MR) is 187 cm³/mol. The number of anilines is 2. The second-order valence-corrected chi connectivity index (χ2v) is 13.8. The van der Waals surface area contributed by atoms with E-state index in [1.54, 1.807) is 22.9 Å². The van der Waals surface area contributed by atoms with Gasteiger partial charge in [0, 0.05) is 93.7 Å². The average Bonchev–Trinajstić information content (AvgIpc) is 4.04. The Morgan fingerprint density at radius 1 is 0.720 bits per heavy atom. The molecule has 14 heteroatoms. The number of fused-ring (bicyclic) bond motifs is 2. The Balaban J connectivity index is 0.892. The maximum Gasteiger partial charge on any atom is 0.341 e. The number of carboxylic acids is 1. The van der Waals surface area contributed by atoms with E-state index in [-0.39, 0.29) is 28.8 Å². The van der Waals surface area contributed by atoms with Gasteiger partial charge in [-0.25, -0.2) is 13.6 Å². The van der Waals surface area contributed by atoms with Gasteiger partial charge in [-0.2, -0.15) is 0 Å². The van der Waals surface area contributed by atoms with Gasteiger partial charge < -0.3 is 33.8 Å². The molecule has 0 unspecified atom stereocenters. The first-order chi connectivity index (χ1) is 24.1. The van der Waals surface area contributed by atoms with E-state index in [9.17, 15) is 19.5 Å². The normalized spacial score (nSPS) is 18.3. The topological polar surface area (TPSA) is 142 Å². The van der Waals surface area contributed by atoms with Crippen LogP contribution in [0.15, 0.2) is 52.3 Å². The summed E-state index contributed by atoms with van der Waals surface area (Å²) in [6.45, 7) is 3.79. The van der Waals surface area contributed by atoms with Gasteiger partial charge in [-0.3, -0.25) is 20.4 Å². The van der Waals surface area contributed by atoms with Crippen molar-refractivity contribution in [2.24, 2.45) is 0 Å². The highest BCUT2D eigenvalue weighted by molar-refractivity contribution is 6.00. The van der Waals surface area contributed by atoms with Gasteiger partial charge in [0.15, 0.2) is 5.43 Å². The van der Waals surface area contributed by atoms with Gasteiger partial charge in [-0.1, -0.05) is 0 Å². The number of carboxylic acid groups (broad SMARTS) is 1. The van der Waals surface area contributed by atoms with E-state index in [1.165, 1.54) is 18.3 Å². The van der Waals surface area contributed by atoms with Crippen LogP contribution in [-0.4, -0.2) is 94.0 Å². The highest BCUT2D eigenvalue weighted by Gasteiger charge is 2.30. The summed E-state index contributed by atoms with van der Waals surface area (Å²) in [4.78, 5) is 44.6. The molecule has 4 heterocycles. The third-order valence-electron chi connectivity index (χ3n) is 10.5. The number of pyridine rings is 2. The van der Waals surface area contributed by atoms with Gasteiger partial charge in [0.2, 0.25) is 5.43 Å². The van der Waals surface area contributed by atoms with Crippen molar-refractivity contribution in [3.05, 3.63) is 80.4 Å². The Morgan fingerprint density at radius 2 is 1.20 bits per heavy atom. The molecule has 4 aliphatic rings. The quantitative estimate of drug-likeness (QED) is 0.194. The standard InChI is InChI=1S/C36H38F2N8O4/c37-26-15-23-28(45(21-1-2-21)6-5-32(23)47)17-30(26)41-7-11-43(12-8-41)33(39)19-34(40)44-13-9-42(10-14-44)31-18-29-24(16-27(31)38)35(48)25(36(49)50)20-46(29)22-3-4-22/h5-6,15-18,20-22,39-40H,1-4,7-14,19H2,(H,49,50). The molecule has 12 nitrogen and oxygen atoms in total. The van der Waals surface area contributed by atoms with Crippen LogP contribution >= 0.6 is 0 Å². The number of aromatic nitrogens is 2. The van der Waals surface area contributed by atoms with Crippen molar-refractivity contribution >= 4 is 50.8 Å². The number of rotatable bonds is 7. The number of aromatic carboxylic acids is 1. The van der Waals surface area contributed by atoms with Crippen molar-refractivity contribution in [1.82, 2.24) is 18.9 Å². The minimum atomic E-state index is -1.33. The molecule has 2 aromatic heterocycles. The van der Waals surface area contributed by atoms with Crippen LogP contribution in [0.2, 0.25) is 0 Å². The third-order valence-corrected chi connectivity index (χ3v) is 10.5. The predicted octanol–water partition coefficient (Wildman–Crippen LogP) is 4.25. The van der Waals surface area contributed by atoms with Crippen molar-refractivity contribution in [3.8, 4) is 0 Å². The molecular weight excluding hydrogens is 646 g/mol. The molecule has 2 aromatic carbocycles. The highest BCUT2D eigenvalue weighted by atomic mass is 19.1. The summed E-state index contributed by atoms with van der Waals surface area (Å²) in [7, 11) is 0. The summed E-state index contributed by atoms with van der Waals surface area (Å²) >= 11 is 0. The number of hydrogen-bond donors (Lipinski definition) is 3. The Labute approximate surface area is 285 Å². The Hall–Kier alpha value is -5.27. The van der Waals surface area contributed by atoms with Crippen molar-refractivity contribution < 1.29 is 18.7 Å².